The molecule has 0 aliphatic carbocycles. The summed E-state index contributed by atoms with van der Waals surface area (Å²) >= 11 is 12.0. The Morgan fingerprint density at radius 1 is 1.13 bits per heavy atom. The summed E-state index contributed by atoms with van der Waals surface area (Å²) in [6, 6.07) is 9.64. The van der Waals surface area contributed by atoms with Crippen molar-refractivity contribution in [2.24, 2.45) is 0 Å². The number of hydrogen-bond donors (Lipinski definition) is 1. The molecule has 1 aliphatic heterocycles. The van der Waals surface area contributed by atoms with Crippen molar-refractivity contribution < 1.29 is 17.9 Å². The highest BCUT2D eigenvalue weighted by molar-refractivity contribution is 7.89. The van der Waals surface area contributed by atoms with Gasteiger partial charge >= 0.3 is 0 Å². The fourth-order valence-corrected chi connectivity index (χ4v) is 5.10. The van der Waals surface area contributed by atoms with Crippen molar-refractivity contribution in [3.05, 3.63) is 52.0 Å². The van der Waals surface area contributed by atoms with Gasteiger partial charge in [-0.15, -0.1) is 0 Å². The predicted molar refractivity (Wildman–Crippen MR) is 118 cm³/mol. The summed E-state index contributed by atoms with van der Waals surface area (Å²) in [4.78, 5) is 14.6. The number of anilines is 1. The quantitative estimate of drug-likeness (QED) is 0.699. The average molecular weight is 472 g/mol. The standard InChI is InChI=1S/C20H23Cl2N3O4S/c1-14-10-18(19(29-2)12-17(14)22)23-20(26)13-24-6-8-25(9-7-24)30(27,28)16-5-3-4-15(21)11-16/h3-5,10-12H,6-9,13H2,1-2H3,(H,23,26). The van der Waals surface area contributed by atoms with Gasteiger partial charge in [0.25, 0.3) is 0 Å². The van der Waals surface area contributed by atoms with E-state index in [1.54, 1.807) is 24.3 Å². The monoisotopic (exact) mass is 471 g/mol. The van der Waals surface area contributed by atoms with Crippen LogP contribution in [0.2, 0.25) is 10.0 Å². The highest BCUT2D eigenvalue weighted by atomic mass is 35.5. The zero-order chi connectivity index (χ0) is 21.9. The number of carbonyl (C=O) groups excluding carboxylic acids is 1. The van der Waals surface area contributed by atoms with E-state index in [9.17, 15) is 13.2 Å². The zero-order valence-corrected chi connectivity index (χ0v) is 19.0. The third-order valence-electron chi connectivity index (χ3n) is 4.89. The minimum absolute atomic E-state index is 0.149. The Balaban J connectivity index is 1.58. The maximum Gasteiger partial charge on any atom is 0.243 e. The summed E-state index contributed by atoms with van der Waals surface area (Å²) in [7, 11) is -2.10. The number of methoxy groups -OCH3 is 1. The molecule has 2 aromatic carbocycles. The fraction of sp³-hybridized carbons (Fsp3) is 0.350. The second-order valence-electron chi connectivity index (χ2n) is 6.99. The van der Waals surface area contributed by atoms with Crippen LogP contribution >= 0.6 is 23.2 Å². The van der Waals surface area contributed by atoms with Gasteiger partial charge in [0, 0.05) is 42.3 Å². The molecule has 1 fully saturated rings. The summed E-state index contributed by atoms with van der Waals surface area (Å²) in [5.41, 5.74) is 1.37. The first kappa shape index (κ1) is 22.8. The second-order valence-corrected chi connectivity index (χ2v) is 9.77. The van der Waals surface area contributed by atoms with E-state index in [2.05, 4.69) is 5.32 Å². The second kappa shape index (κ2) is 9.53. The molecule has 10 heteroatoms. The van der Waals surface area contributed by atoms with Crippen molar-refractivity contribution in [3.63, 3.8) is 0 Å². The van der Waals surface area contributed by atoms with Gasteiger partial charge in [0.1, 0.15) is 5.75 Å². The summed E-state index contributed by atoms with van der Waals surface area (Å²) in [5.74, 6) is 0.276. The lowest BCUT2D eigenvalue weighted by molar-refractivity contribution is -0.117. The minimum Gasteiger partial charge on any atom is -0.495 e. The molecule has 0 spiro atoms. The lowest BCUT2D eigenvalue weighted by Gasteiger charge is -2.33. The Kier molecular flexibility index (Phi) is 7.26. The maximum atomic E-state index is 12.8. The Morgan fingerprint density at radius 2 is 1.83 bits per heavy atom. The van der Waals surface area contributed by atoms with Crippen LogP contribution in [0.1, 0.15) is 5.56 Å². The van der Waals surface area contributed by atoms with Crippen LogP contribution in [-0.2, 0) is 14.8 Å². The summed E-state index contributed by atoms with van der Waals surface area (Å²) < 4.78 is 32.3. The minimum atomic E-state index is -3.61. The molecule has 7 nitrogen and oxygen atoms in total. The van der Waals surface area contributed by atoms with Crippen molar-refractivity contribution in [1.29, 1.82) is 0 Å². The molecule has 1 saturated heterocycles. The Bertz CT molecular complexity index is 1040. The number of ether oxygens (including phenoxy) is 1. The van der Waals surface area contributed by atoms with Crippen LogP contribution in [0.5, 0.6) is 5.75 Å². The highest BCUT2D eigenvalue weighted by Crippen LogP contribution is 2.31. The van der Waals surface area contributed by atoms with Crippen LogP contribution in [0.15, 0.2) is 41.3 Å². The van der Waals surface area contributed by atoms with E-state index in [1.165, 1.54) is 23.5 Å². The van der Waals surface area contributed by atoms with Crippen molar-refractivity contribution in [2.75, 3.05) is 45.2 Å². The van der Waals surface area contributed by atoms with E-state index < -0.39 is 10.0 Å². The number of hydrogen-bond acceptors (Lipinski definition) is 5. The number of aryl methyl sites for hydroxylation is 1. The van der Waals surface area contributed by atoms with Crippen LogP contribution in [0, 0.1) is 6.92 Å². The highest BCUT2D eigenvalue weighted by Gasteiger charge is 2.29. The van der Waals surface area contributed by atoms with Gasteiger partial charge in [-0.3, -0.25) is 9.69 Å². The van der Waals surface area contributed by atoms with Gasteiger partial charge in [0.15, 0.2) is 0 Å². The number of piperazine rings is 1. The van der Waals surface area contributed by atoms with Gasteiger partial charge in [-0.1, -0.05) is 29.3 Å². The van der Waals surface area contributed by atoms with Crippen LogP contribution in [0.3, 0.4) is 0 Å². The molecule has 0 saturated carbocycles. The molecule has 0 atom stereocenters. The lowest BCUT2D eigenvalue weighted by atomic mass is 10.2. The van der Waals surface area contributed by atoms with Crippen LogP contribution in [0.25, 0.3) is 0 Å². The Labute approximate surface area is 186 Å². The third kappa shape index (κ3) is 5.25. The zero-order valence-electron chi connectivity index (χ0n) is 16.7. The largest absolute Gasteiger partial charge is 0.495 e. The molecule has 0 bridgehead atoms. The number of amides is 1. The molecule has 0 aromatic heterocycles. The molecule has 30 heavy (non-hydrogen) atoms. The van der Waals surface area contributed by atoms with Crippen molar-refractivity contribution in [3.8, 4) is 5.75 Å². The number of sulfonamides is 1. The van der Waals surface area contributed by atoms with E-state index >= 15 is 0 Å². The maximum absolute atomic E-state index is 12.8. The van der Waals surface area contributed by atoms with E-state index in [0.717, 1.165) is 5.56 Å². The van der Waals surface area contributed by atoms with E-state index in [0.29, 0.717) is 47.7 Å². The van der Waals surface area contributed by atoms with Gasteiger partial charge in [0.2, 0.25) is 15.9 Å². The SMILES string of the molecule is COc1cc(Cl)c(C)cc1NC(=O)CN1CCN(S(=O)(=O)c2cccc(Cl)c2)CC1. The van der Waals surface area contributed by atoms with Crippen molar-refractivity contribution in [1.82, 2.24) is 9.21 Å². The molecular weight excluding hydrogens is 449 g/mol. The summed E-state index contributed by atoms with van der Waals surface area (Å²) in [6.07, 6.45) is 0. The summed E-state index contributed by atoms with van der Waals surface area (Å²) in [6.45, 7) is 3.48. The Hall–Kier alpha value is -1.84. The van der Waals surface area contributed by atoms with E-state index in [1.807, 2.05) is 11.8 Å². The number of nitrogens with zero attached hydrogens (tertiary/aromatic N) is 2. The number of rotatable bonds is 6. The Morgan fingerprint density at radius 3 is 2.47 bits per heavy atom. The first-order valence-corrected chi connectivity index (χ1v) is 11.5. The van der Waals surface area contributed by atoms with Crippen molar-refractivity contribution >= 4 is 44.8 Å². The molecular formula is C20H23Cl2N3O4S. The first-order chi connectivity index (χ1) is 14.2. The fourth-order valence-electron chi connectivity index (χ4n) is 3.23. The molecule has 1 heterocycles. The topological polar surface area (TPSA) is 79.0 Å². The van der Waals surface area contributed by atoms with Gasteiger partial charge < -0.3 is 10.1 Å². The molecule has 1 aliphatic rings. The first-order valence-electron chi connectivity index (χ1n) is 9.33. The molecule has 1 N–H and O–H groups in total. The van der Waals surface area contributed by atoms with Crippen LogP contribution < -0.4 is 10.1 Å². The summed E-state index contributed by atoms with van der Waals surface area (Å²) in [5, 5.41) is 3.77. The molecule has 3 rings (SSSR count). The number of nitrogens with one attached hydrogen (secondary N) is 1. The van der Waals surface area contributed by atoms with Gasteiger partial charge in [-0.25, -0.2) is 8.42 Å². The number of carbonyl (C=O) groups is 1. The third-order valence-corrected chi connectivity index (χ3v) is 7.42. The van der Waals surface area contributed by atoms with Crippen LogP contribution in [-0.4, -0.2) is 63.4 Å². The average Bonchev–Trinajstić information content (AvgIpc) is 2.71. The smallest absolute Gasteiger partial charge is 0.243 e. The molecule has 0 unspecified atom stereocenters. The van der Waals surface area contributed by atoms with Crippen molar-refractivity contribution in [2.45, 2.75) is 11.8 Å². The number of benzene rings is 2. The van der Waals surface area contributed by atoms with E-state index in [-0.39, 0.29) is 17.3 Å². The molecule has 2 aromatic rings. The van der Waals surface area contributed by atoms with Gasteiger partial charge in [0.05, 0.1) is 24.2 Å². The number of halogens is 2. The predicted octanol–water partition coefficient (Wildman–Crippen LogP) is 3.26. The molecule has 1 amide bonds. The van der Waals surface area contributed by atoms with Gasteiger partial charge in [-0.05, 0) is 36.8 Å². The molecule has 0 radical (unpaired) electrons. The normalized spacial score (nSPS) is 15.7. The lowest BCUT2D eigenvalue weighted by Crippen LogP contribution is -2.50. The van der Waals surface area contributed by atoms with E-state index in [4.69, 9.17) is 27.9 Å². The molecule has 162 valence electrons. The van der Waals surface area contributed by atoms with Gasteiger partial charge in [-0.2, -0.15) is 4.31 Å². The van der Waals surface area contributed by atoms with Crippen LogP contribution in [0.4, 0.5) is 5.69 Å².